The van der Waals surface area contributed by atoms with Crippen molar-refractivity contribution in [2.75, 3.05) is 7.11 Å². The van der Waals surface area contributed by atoms with E-state index in [1.165, 1.54) is 19.2 Å². The Balaban J connectivity index is 2.81. The van der Waals surface area contributed by atoms with Crippen molar-refractivity contribution in [3.63, 3.8) is 0 Å². The van der Waals surface area contributed by atoms with Crippen molar-refractivity contribution in [3.8, 4) is 5.75 Å². The molecular weight excluding hydrogens is 234 g/mol. The van der Waals surface area contributed by atoms with Crippen LogP contribution in [0.4, 0.5) is 14.5 Å². The van der Waals surface area contributed by atoms with Crippen LogP contribution < -0.4 is 9.96 Å². The van der Waals surface area contributed by atoms with Gasteiger partial charge in [-0.05, 0) is 12.1 Å². The molecule has 0 saturated carbocycles. The van der Waals surface area contributed by atoms with Gasteiger partial charge in [-0.25, -0.2) is 8.78 Å². The van der Waals surface area contributed by atoms with Gasteiger partial charge in [0.1, 0.15) is 0 Å². The number of alkyl halides is 2. The second kappa shape index (κ2) is 4.28. The number of rotatable bonds is 3. The lowest BCUT2D eigenvalue weighted by atomic mass is 10.1. The van der Waals surface area contributed by atoms with Gasteiger partial charge in [-0.2, -0.15) is 0 Å². The minimum absolute atomic E-state index is 0.000926. The van der Waals surface area contributed by atoms with E-state index in [2.05, 4.69) is 4.98 Å². The highest BCUT2D eigenvalue weighted by Crippen LogP contribution is 2.36. The van der Waals surface area contributed by atoms with Crippen molar-refractivity contribution in [2.45, 2.75) is 6.43 Å². The molecule has 5 nitrogen and oxygen atoms in total. The zero-order chi connectivity index (χ0) is 12.6. The molecule has 2 aromatic rings. The summed E-state index contributed by atoms with van der Waals surface area (Å²) in [6.45, 7) is 0. The molecule has 7 heteroatoms. The fraction of sp³-hybridized carbons (Fsp3) is 0.200. The number of methoxy groups -OCH3 is 1. The average molecular weight is 243 g/mol. The first-order chi connectivity index (χ1) is 8.06. The van der Waals surface area contributed by atoms with Gasteiger partial charge in [0.25, 0.3) is 6.43 Å². The molecular formula is C10H9F2N2O3-. The molecule has 92 valence electrons. The summed E-state index contributed by atoms with van der Waals surface area (Å²) < 4.78 is 30.3. The van der Waals surface area contributed by atoms with E-state index in [1.54, 1.807) is 0 Å². The summed E-state index contributed by atoms with van der Waals surface area (Å²) in [5.74, 6) is -0.000926. The molecule has 0 aliphatic heterocycles. The summed E-state index contributed by atoms with van der Waals surface area (Å²) in [6, 6.07) is 2.87. The van der Waals surface area contributed by atoms with E-state index in [9.17, 15) is 19.2 Å². The van der Waals surface area contributed by atoms with Gasteiger partial charge in [-0.1, -0.05) is 0 Å². The third-order valence-electron chi connectivity index (χ3n) is 2.50. The third-order valence-corrected chi connectivity index (χ3v) is 2.50. The first-order valence-corrected chi connectivity index (χ1v) is 4.73. The van der Waals surface area contributed by atoms with E-state index < -0.39 is 11.7 Å². The summed E-state index contributed by atoms with van der Waals surface area (Å²) in [5.41, 5.74) is -0.431. The molecule has 17 heavy (non-hydrogen) atoms. The number of aromatic amines is 1. The van der Waals surface area contributed by atoms with E-state index >= 15 is 0 Å². The molecule has 2 N–H and O–H groups in total. The van der Waals surface area contributed by atoms with Crippen LogP contribution in [0.1, 0.15) is 12.0 Å². The van der Waals surface area contributed by atoms with Crippen LogP contribution in [0.3, 0.4) is 0 Å². The Morgan fingerprint density at radius 2 is 2.06 bits per heavy atom. The molecule has 0 spiro atoms. The number of quaternary nitrogens is 1. The van der Waals surface area contributed by atoms with Gasteiger partial charge in [0, 0.05) is 11.8 Å². The largest absolute Gasteiger partial charge is 0.628 e. The summed E-state index contributed by atoms with van der Waals surface area (Å²) in [5, 5.41) is 20.4. The van der Waals surface area contributed by atoms with Gasteiger partial charge in [-0.15, -0.1) is 0 Å². The second-order valence-corrected chi connectivity index (χ2v) is 3.40. The summed E-state index contributed by atoms with van der Waals surface area (Å²) in [7, 11) is 1.27. The molecule has 0 unspecified atom stereocenters. The van der Waals surface area contributed by atoms with Crippen LogP contribution in [0.2, 0.25) is 0 Å². The normalized spacial score (nSPS) is 11.7. The highest BCUT2D eigenvalue weighted by Gasteiger charge is 2.21. The average Bonchev–Trinajstić information content (AvgIpc) is 2.70. The van der Waals surface area contributed by atoms with Gasteiger partial charge < -0.3 is 25.4 Å². The van der Waals surface area contributed by atoms with E-state index in [4.69, 9.17) is 4.74 Å². The van der Waals surface area contributed by atoms with E-state index in [-0.39, 0.29) is 22.4 Å². The number of hydrogen-bond acceptors (Lipinski definition) is 3. The Kier molecular flexibility index (Phi) is 2.97. The van der Waals surface area contributed by atoms with Gasteiger partial charge in [-0.3, -0.25) is 0 Å². The number of halogens is 2. The summed E-state index contributed by atoms with van der Waals surface area (Å²) >= 11 is 0. The minimum Gasteiger partial charge on any atom is -0.628 e. The van der Waals surface area contributed by atoms with E-state index in [0.717, 1.165) is 6.20 Å². The molecule has 1 heterocycles. The predicted octanol–water partition coefficient (Wildman–Crippen LogP) is 1.63. The monoisotopic (exact) mass is 243 g/mol. The first kappa shape index (κ1) is 11.8. The van der Waals surface area contributed by atoms with Gasteiger partial charge in [0.2, 0.25) is 0 Å². The number of ether oxygens (including phenoxy) is 1. The predicted molar refractivity (Wildman–Crippen MR) is 57.2 cm³/mol. The molecule has 0 bridgehead atoms. The van der Waals surface area contributed by atoms with E-state index in [0.29, 0.717) is 5.52 Å². The van der Waals surface area contributed by atoms with Crippen LogP contribution in [-0.2, 0) is 0 Å². The van der Waals surface area contributed by atoms with Crippen LogP contribution in [0.25, 0.3) is 10.9 Å². The van der Waals surface area contributed by atoms with Gasteiger partial charge in [0.15, 0.2) is 11.4 Å². The summed E-state index contributed by atoms with van der Waals surface area (Å²) in [6.07, 6.45) is -1.68. The Morgan fingerprint density at radius 1 is 1.35 bits per heavy atom. The third kappa shape index (κ3) is 1.84. The smallest absolute Gasteiger partial charge is 0.266 e. The Morgan fingerprint density at radius 3 is 2.59 bits per heavy atom. The minimum atomic E-state index is -2.77. The number of nitrogens with one attached hydrogen (secondary N) is 2. The Labute approximate surface area is 94.8 Å². The number of benzene rings is 1. The molecule has 2 rings (SSSR count). The maximum atomic E-state index is 12.7. The molecule has 1 aromatic carbocycles. The second-order valence-electron chi connectivity index (χ2n) is 3.40. The van der Waals surface area contributed by atoms with Crippen LogP contribution in [0, 0.1) is 10.4 Å². The molecule has 1 aromatic heterocycles. The van der Waals surface area contributed by atoms with Crippen molar-refractivity contribution in [1.82, 2.24) is 4.98 Å². The number of fused-ring (bicyclic) bond motifs is 1. The highest BCUT2D eigenvalue weighted by atomic mass is 19.3. The Hall–Kier alpha value is -1.70. The highest BCUT2D eigenvalue weighted by molar-refractivity contribution is 5.94. The molecule has 0 aliphatic carbocycles. The molecule has 0 atom stereocenters. The van der Waals surface area contributed by atoms with Crippen molar-refractivity contribution < 1.29 is 18.7 Å². The maximum Gasteiger partial charge on any atom is 0.266 e. The quantitative estimate of drug-likeness (QED) is 0.804. The lowest BCUT2D eigenvalue weighted by Crippen LogP contribution is -2.96. The molecule has 0 amide bonds. The molecule has 0 saturated heterocycles. The SMILES string of the molecule is COc1ccc2[nH]cc(C(F)F)c2c1[NH+]([O-])[O-]. The lowest BCUT2D eigenvalue weighted by molar-refractivity contribution is -0.714. The number of aromatic nitrogens is 1. The topological polar surface area (TPSA) is 75.6 Å². The summed E-state index contributed by atoms with van der Waals surface area (Å²) in [4.78, 5) is 2.59. The van der Waals surface area contributed by atoms with Crippen molar-refractivity contribution >= 4 is 16.6 Å². The van der Waals surface area contributed by atoms with Crippen molar-refractivity contribution in [1.29, 1.82) is 0 Å². The van der Waals surface area contributed by atoms with Crippen LogP contribution >= 0.6 is 0 Å². The maximum absolute atomic E-state index is 12.7. The molecule has 0 aliphatic rings. The van der Waals surface area contributed by atoms with Crippen molar-refractivity contribution in [3.05, 3.63) is 34.3 Å². The van der Waals surface area contributed by atoms with Crippen LogP contribution in [-0.4, -0.2) is 12.1 Å². The lowest BCUT2D eigenvalue weighted by Gasteiger charge is -2.27. The number of hydrogen-bond donors (Lipinski definition) is 2. The van der Waals surface area contributed by atoms with Crippen molar-refractivity contribution in [2.24, 2.45) is 0 Å². The van der Waals surface area contributed by atoms with Gasteiger partial charge in [0.05, 0.1) is 18.0 Å². The molecule has 0 fully saturated rings. The standard InChI is InChI=1S/C10H9F2N2O3/c1-17-7-3-2-6-8(9(7)14(15)16)5(4-13-6)10(11)12/h2-4,10,13-14H,1H3/q-1. The number of H-pyrrole nitrogens is 1. The molecule has 0 radical (unpaired) electrons. The zero-order valence-corrected chi connectivity index (χ0v) is 8.79. The van der Waals surface area contributed by atoms with Gasteiger partial charge >= 0.3 is 0 Å². The fourth-order valence-electron chi connectivity index (χ4n) is 1.78. The fourth-order valence-corrected chi connectivity index (χ4v) is 1.78. The first-order valence-electron chi connectivity index (χ1n) is 4.73. The Bertz CT molecular complexity index is 540. The van der Waals surface area contributed by atoms with E-state index in [1.807, 2.05) is 0 Å². The van der Waals surface area contributed by atoms with Crippen LogP contribution in [0.5, 0.6) is 5.75 Å². The van der Waals surface area contributed by atoms with Crippen LogP contribution in [0.15, 0.2) is 18.3 Å². The zero-order valence-electron chi connectivity index (χ0n) is 8.79.